The first-order valence-corrected chi connectivity index (χ1v) is 10.1. The number of fused-ring (bicyclic) bond motifs is 1. The fraction of sp³-hybridized carbons (Fsp3) is 0.348. The third-order valence-electron chi connectivity index (χ3n) is 5.44. The van der Waals surface area contributed by atoms with Crippen molar-refractivity contribution in [3.8, 4) is 0 Å². The van der Waals surface area contributed by atoms with E-state index >= 15 is 0 Å². The van der Waals surface area contributed by atoms with Gasteiger partial charge in [0.1, 0.15) is 12.4 Å². The normalized spacial score (nSPS) is 14.4. The molecule has 0 radical (unpaired) electrons. The van der Waals surface area contributed by atoms with Gasteiger partial charge in [-0.25, -0.2) is 4.98 Å². The molecule has 1 aromatic heterocycles. The Bertz CT molecular complexity index is 1080. The number of amides is 1. The van der Waals surface area contributed by atoms with Crippen molar-refractivity contribution in [2.75, 3.05) is 13.1 Å². The Morgan fingerprint density at radius 3 is 2.66 bits per heavy atom. The maximum absolute atomic E-state index is 12.7. The fourth-order valence-corrected chi connectivity index (χ4v) is 3.90. The molecule has 150 valence electrons. The van der Waals surface area contributed by atoms with E-state index in [-0.39, 0.29) is 18.0 Å². The van der Waals surface area contributed by atoms with E-state index < -0.39 is 0 Å². The molecule has 0 aliphatic carbocycles. The zero-order valence-corrected chi connectivity index (χ0v) is 16.7. The number of carbonyl (C=O) groups is 1. The zero-order chi connectivity index (χ0) is 20.2. The van der Waals surface area contributed by atoms with E-state index in [9.17, 15) is 9.59 Å². The highest BCUT2D eigenvalue weighted by Gasteiger charge is 2.13. The quantitative estimate of drug-likeness (QED) is 0.703. The van der Waals surface area contributed by atoms with E-state index in [0.717, 1.165) is 25.2 Å². The molecule has 0 saturated carbocycles. The Hall–Kier alpha value is -2.99. The fourth-order valence-electron chi connectivity index (χ4n) is 3.90. The minimum atomic E-state index is -0.197. The largest absolute Gasteiger partial charge is 0.350 e. The van der Waals surface area contributed by atoms with Crippen molar-refractivity contribution in [1.29, 1.82) is 0 Å². The molecule has 0 atom stereocenters. The van der Waals surface area contributed by atoms with E-state index in [0.29, 0.717) is 23.3 Å². The SMILES string of the molecule is Cc1nc2ccccc2c(=O)n1CC(=O)NCc1cccc(CN2CCCC2)c1. The zero-order valence-electron chi connectivity index (χ0n) is 16.7. The van der Waals surface area contributed by atoms with Crippen LogP contribution in [-0.4, -0.2) is 33.4 Å². The molecule has 4 rings (SSSR count). The van der Waals surface area contributed by atoms with Crippen molar-refractivity contribution in [2.24, 2.45) is 0 Å². The van der Waals surface area contributed by atoms with Crippen LogP contribution in [0.4, 0.5) is 0 Å². The van der Waals surface area contributed by atoms with Gasteiger partial charge in [0, 0.05) is 13.1 Å². The van der Waals surface area contributed by atoms with Gasteiger partial charge in [0.15, 0.2) is 0 Å². The lowest BCUT2D eigenvalue weighted by Crippen LogP contribution is -2.33. The molecule has 6 heteroatoms. The summed E-state index contributed by atoms with van der Waals surface area (Å²) >= 11 is 0. The highest BCUT2D eigenvalue weighted by atomic mass is 16.2. The number of hydrogen-bond acceptors (Lipinski definition) is 4. The Kier molecular flexibility index (Phi) is 5.71. The molecule has 6 nitrogen and oxygen atoms in total. The van der Waals surface area contributed by atoms with E-state index in [2.05, 4.69) is 27.3 Å². The molecule has 0 bridgehead atoms. The third-order valence-corrected chi connectivity index (χ3v) is 5.44. The van der Waals surface area contributed by atoms with Gasteiger partial charge < -0.3 is 5.32 Å². The first kappa shape index (κ1) is 19.3. The van der Waals surface area contributed by atoms with E-state index in [1.54, 1.807) is 19.1 Å². The second-order valence-corrected chi connectivity index (χ2v) is 7.65. The average molecular weight is 390 g/mol. The summed E-state index contributed by atoms with van der Waals surface area (Å²) in [6.07, 6.45) is 2.55. The molecule has 3 aromatic rings. The minimum Gasteiger partial charge on any atom is -0.350 e. The van der Waals surface area contributed by atoms with Crippen molar-refractivity contribution in [3.63, 3.8) is 0 Å². The maximum atomic E-state index is 12.7. The van der Waals surface area contributed by atoms with Gasteiger partial charge in [-0.2, -0.15) is 0 Å². The van der Waals surface area contributed by atoms with Crippen LogP contribution in [0.3, 0.4) is 0 Å². The molecule has 1 amide bonds. The topological polar surface area (TPSA) is 67.2 Å². The van der Waals surface area contributed by atoms with Gasteiger partial charge in [-0.15, -0.1) is 0 Å². The number of rotatable bonds is 6. The molecule has 1 saturated heterocycles. The summed E-state index contributed by atoms with van der Waals surface area (Å²) in [7, 11) is 0. The van der Waals surface area contributed by atoms with Crippen LogP contribution in [0.1, 0.15) is 29.8 Å². The number of nitrogens with one attached hydrogen (secondary N) is 1. The number of nitrogens with zero attached hydrogens (tertiary/aromatic N) is 3. The summed E-state index contributed by atoms with van der Waals surface area (Å²) in [5.41, 5.74) is 2.80. The minimum absolute atomic E-state index is 0.0318. The Labute approximate surface area is 170 Å². The predicted octanol–water partition coefficient (Wildman–Crippen LogP) is 2.62. The van der Waals surface area contributed by atoms with Crippen molar-refractivity contribution in [2.45, 2.75) is 39.4 Å². The average Bonchev–Trinajstić information content (AvgIpc) is 3.23. The highest BCUT2D eigenvalue weighted by molar-refractivity contribution is 5.79. The first-order chi connectivity index (χ1) is 14.1. The first-order valence-electron chi connectivity index (χ1n) is 10.1. The lowest BCUT2D eigenvalue weighted by Gasteiger charge is -2.15. The number of benzene rings is 2. The van der Waals surface area contributed by atoms with Crippen molar-refractivity contribution in [1.82, 2.24) is 19.8 Å². The van der Waals surface area contributed by atoms with Gasteiger partial charge in [-0.3, -0.25) is 19.1 Å². The summed E-state index contributed by atoms with van der Waals surface area (Å²) < 4.78 is 1.43. The van der Waals surface area contributed by atoms with E-state index in [1.807, 2.05) is 24.3 Å². The second-order valence-electron chi connectivity index (χ2n) is 7.65. The van der Waals surface area contributed by atoms with E-state index in [4.69, 9.17) is 0 Å². The van der Waals surface area contributed by atoms with Gasteiger partial charge in [0.25, 0.3) is 5.56 Å². The lowest BCUT2D eigenvalue weighted by atomic mass is 10.1. The van der Waals surface area contributed by atoms with Crippen molar-refractivity contribution >= 4 is 16.8 Å². The number of carbonyl (C=O) groups excluding carboxylic acids is 1. The Morgan fingerprint density at radius 1 is 1.07 bits per heavy atom. The van der Waals surface area contributed by atoms with Crippen LogP contribution in [0, 0.1) is 6.92 Å². The lowest BCUT2D eigenvalue weighted by molar-refractivity contribution is -0.121. The van der Waals surface area contributed by atoms with Crippen LogP contribution >= 0.6 is 0 Å². The third kappa shape index (κ3) is 4.54. The van der Waals surface area contributed by atoms with E-state index in [1.165, 1.54) is 23.0 Å². The molecule has 2 aromatic carbocycles. The predicted molar refractivity (Wildman–Crippen MR) is 114 cm³/mol. The summed E-state index contributed by atoms with van der Waals surface area (Å²) in [6, 6.07) is 15.5. The number of hydrogen-bond donors (Lipinski definition) is 1. The van der Waals surface area contributed by atoms with Crippen LogP contribution in [0.5, 0.6) is 0 Å². The molecule has 1 aliphatic heterocycles. The van der Waals surface area contributed by atoms with Crippen LogP contribution in [0.15, 0.2) is 53.3 Å². The van der Waals surface area contributed by atoms with Gasteiger partial charge in [-0.05, 0) is 56.1 Å². The van der Waals surface area contributed by atoms with Crippen LogP contribution < -0.4 is 10.9 Å². The molecule has 2 heterocycles. The Morgan fingerprint density at radius 2 is 1.83 bits per heavy atom. The second kappa shape index (κ2) is 8.57. The monoisotopic (exact) mass is 390 g/mol. The number of aromatic nitrogens is 2. The van der Waals surface area contributed by atoms with Crippen LogP contribution in [0.2, 0.25) is 0 Å². The molecule has 1 N–H and O–H groups in total. The molecule has 29 heavy (non-hydrogen) atoms. The standard InChI is InChI=1S/C23H26N4O2/c1-17-25-21-10-3-2-9-20(21)23(29)27(17)16-22(28)24-14-18-7-6-8-19(13-18)15-26-11-4-5-12-26/h2-3,6-10,13H,4-5,11-12,14-16H2,1H3,(H,24,28). The molecular weight excluding hydrogens is 364 g/mol. The molecule has 0 unspecified atom stereocenters. The van der Waals surface area contributed by atoms with Gasteiger partial charge in [0.05, 0.1) is 10.9 Å². The van der Waals surface area contributed by atoms with Gasteiger partial charge in [-0.1, -0.05) is 36.4 Å². The maximum Gasteiger partial charge on any atom is 0.261 e. The summed E-state index contributed by atoms with van der Waals surface area (Å²) in [5.74, 6) is 0.341. The molecule has 1 aliphatic rings. The molecular formula is C23H26N4O2. The number of likely N-dealkylation sites (tertiary alicyclic amines) is 1. The number of aryl methyl sites for hydroxylation is 1. The molecule has 0 spiro atoms. The van der Waals surface area contributed by atoms with Crippen molar-refractivity contribution < 1.29 is 4.79 Å². The highest BCUT2D eigenvalue weighted by Crippen LogP contribution is 2.14. The number of para-hydroxylation sites is 1. The van der Waals surface area contributed by atoms with Crippen molar-refractivity contribution in [3.05, 3.63) is 75.8 Å². The Balaban J connectivity index is 1.40. The summed E-state index contributed by atoms with van der Waals surface area (Å²) in [5, 5.41) is 3.46. The summed E-state index contributed by atoms with van der Waals surface area (Å²) in [6.45, 7) is 5.45. The van der Waals surface area contributed by atoms with Gasteiger partial charge in [0.2, 0.25) is 5.91 Å². The smallest absolute Gasteiger partial charge is 0.261 e. The summed E-state index contributed by atoms with van der Waals surface area (Å²) in [4.78, 5) is 32.1. The van der Waals surface area contributed by atoms with Crippen LogP contribution in [0.25, 0.3) is 10.9 Å². The van der Waals surface area contributed by atoms with Crippen LogP contribution in [-0.2, 0) is 24.4 Å². The van der Waals surface area contributed by atoms with Gasteiger partial charge >= 0.3 is 0 Å². The molecule has 1 fully saturated rings.